The van der Waals surface area contributed by atoms with Crippen LogP contribution < -0.4 is 0 Å². The molecule has 3 heteroatoms. The number of unbranched alkanes of at least 4 members (excludes halogenated alkanes) is 5. The predicted octanol–water partition coefficient (Wildman–Crippen LogP) is 5.72. The topological polar surface area (TPSA) is 26.3 Å². The molecule has 1 aliphatic rings. The Balaban J connectivity index is 0.000000518. The summed E-state index contributed by atoms with van der Waals surface area (Å²) < 4.78 is 5.09. The molecule has 22 heavy (non-hydrogen) atoms. The Bertz CT molecular complexity index is 317. The molecule has 0 N–H and O–H groups in total. The minimum Gasteiger partial charge on any atom is -0.466 e. The van der Waals surface area contributed by atoms with Gasteiger partial charge in [-0.1, -0.05) is 39.5 Å². The number of alkyl halides is 1. The van der Waals surface area contributed by atoms with Gasteiger partial charge in [0, 0.05) is 24.6 Å². The molecular formula is C19H33ClO2. The van der Waals surface area contributed by atoms with E-state index in [1.807, 2.05) is 0 Å². The number of ether oxygens (including phenoxy) is 1. The van der Waals surface area contributed by atoms with Gasteiger partial charge in [0.25, 0.3) is 0 Å². The van der Waals surface area contributed by atoms with Crippen LogP contribution in [0, 0.1) is 17.8 Å². The van der Waals surface area contributed by atoms with Crippen molar-refractivity contribution < 1.29 is 9.53 Å². The van der Waals surface area contributed by atoms with E-state index in [1.165, 1.54) is 38.5 Å². The molecule has 1 rings (SSSR count). The first-order valence-electron chi connectivity index (χ1n) is 8.90. The number of hydrogen-bond donors (Lipinski definition) is 0. The highest BCUT2D eigenvalue weighted by molar-refractivity contribution is 6.17. The van der Waals surface area contributed by atoms with E-state index in [1.54, 1.807) is 0 Å². The van der Waals surface area contributed by atoms with Gasteiger partial charge in [0.2, 0.25) is 0 Å². The van der Waals surface area contributed by atoms with E-state index in [2.05, 4.69) is 25.7 Å². The zero-order valence-corrected chi connectivity index (χ0v) is 15.2. The maximum absolute atomic E-state index is 11.1. The van der Waals surface area contributed by atoms with Crippen molar-refractivity contribution in [1.82, 2.24) is 0 Å². The van der Waals surface area contributed by atoms with Gasteiger partial charge in [-0.2, -0.15) is 0 Å². The van der Waals surface area contributed by atoms with Crippen LogP contribution in [0.4, 0.5) is 0 Å². The van der Waals surface area contributed by atoms with E-state index in [4.69, 9.17) is 16.3 Å². The molecule has 128 valence electrons. The van der Waals surface area contributed by atoms with E-state index in [-0.39, 0.29) is 5.97 Å². The van der Waals surface area contributed by atoms with Crippen molar-refractivity contribution in [3.8, 4) is 11.8 Å². The maximum Gasteiger partial charge on any atom is 0.305 e. The standard InChI is InChI=1S/C12H23ClO2.C7H10/c1-2-3-4-5-8-11-15-12(14)9-6-7-10-13;1-7-5-3-2-4-6-7/h2-11H2,1H3;7H,2-3,5H2,1H3. The lowest BCUT2D eigenvalue weighted by Gasteiger charge is -2.04. The second kappa shape index (κ2) is 16.7. The quantitative estimate of drug-likeness (QED) is 0.222. The van der Waals surface area contributed by atoms with Crippen molar-refractivity contribution in [3.05, 3.63) is 0 Å². The van der Waals surface area contributed by atoms with Gasteiger partial charge in [-0.3, -0.25) is 4.79 Å². The summed E-state index contributed by atoms with van der Waals surface area (Å²) in [5.74, 6) is 7.45. The lowest BCUT2D eigenvalue weighted by molar-refractivity contribution is -0.143. The molecule has 0 aliphatic heterocycles. The molecule has 0 saturated heterocycles. The third-order valence-electron chi connectivity index (χ3n) is 3.56. The fraction of sp³-hybridized carbons (Fsp3) is 0.842. The summed E-state index contributed by atoms with van der Waals surface area (Å²) in [6.07, 6.45) is 12.0. The Morgan fingerprint density at radius 3 is 2.50 bits per heavy atom. The lowest BCUT2D eigenvalue weighted by atomic mass is 10.0. The molecule has 0 aromatic heterocycles. The zero-order valence-electron chi connectivity index (χ0n) is 14.5. The van der Waals surface area contributed by atoms with Crippen molar-refractivity contribution >= 4 is 17.6 Å². The third kappa shape index (κ3) is 15.7. The molecule has 1 unspecified atom stereocenters. The Morgan fingerprint density at radius 1 is 1.18 bits per heavy atom. The highest BCUT2D eigenvalue weighted by atomic mass is 35.5. The van der Waals surface area contributed by atoms with E-state index in [0.717, 1.165) is 25.7 Å². The van der Waals surface area contributed by atoms with Gasteiger partial charge in [-0.25, -0.2) is 0 Å². The smallest absolute Gasteiger partial charge is 0.305 e. The minimum absolute atomic E-state index is 0.0735. The van der Waals surface area contributed by atoms with Crippen LogP contribution in [0.2, 0.25) is 0 Å². The molecule has 0 spiro atoms. The fourth-order valence-electron chi connectivity index (χ4n) is 2.14. The number of hydrogen-bond acceptors (Lipinski definition) is 2. The van der Waals surface area contributed by atoms with Gasteiger partial charge in [0.15, 0.2) is 0 Å². The van der Waals surface area contributed by atoms with E-state index in [0.29, 0.717) is 24.8 Å². The molecule has 0 bridgehead atoms. The van der Waals surface area contributed by atoms with E-state index >= 15 is 0 Å². The van der Waals surface area contributed by atoms with Crippen LogP contribution in [0.5, 0.6) is 0 Å². The fourth-order valence-corrected chi connectivity index (χ4v) is 2.33. The molecular weight excluding hydrogens is 296 g/mol. The van der Waals surface area contributed by atoms with Crippen LogP contribution in [0.1, 0.15) is 84.5 Å². The van der Waals surface area contributed by atoms with E-state index < -0.39 is 0 Å². The second-order valence-electron chi connectivity index (χ2n) is 5.90. The van der Waals surface area contributed by atoms with Gasteiger partial charge in [0.1, 0.15) is 0 Å². The number of halogens is 1. The minimum atomic E-state index is -0.0735. The summed E-state index contributed by atoms with van der Waals surface area (Å²) in [6, 6.07) is 0. The van der Waals surface area contributed by atoms with Crippen LogP contribution in [0.3, 0.4) is 0 Å². The van der Waals surface area contributed by atoms with Gasteiger partial charge >= 0.3 is 5.97 Å². The van der Waals surface area contributed by atoms with Gasteiger partial charge in [-0.05, 0) is 32.1 Å². The summed E-state index contributed by atoms with van der Waals surface area (Å²) in [5.41, 5.74) is 0. The number of carbonyl (C=O) groups excluding carboxylic acids is 1. The molecule has 0 fully saturated rings. The second-order valence-corrected chi connectivity index (χ2v) is 6.27. The van der Waals surface area contributed by atoms with Crippen LogP contribution in [-0.4, -0.2) is 18.5 Å². The summed E-state index contributed by atoms with van der Waals surface area (Å²) in [6.45, 7) is 4.96. The van der Waals surface area contributed by atoms with Gasteiger partial charge < -0.3 is 4.74 Å². The molecule has 0 aromatic rings. The van der Waals surface area contributed by atoms with Crippen LogP contribution >= 0.6 is 11.6 Å². The monoisotopic (exact) mass is 328 g/mol. The first kappa shape index (κ1) is 21.3. The SMILES string of the molecule is CC1C#CCCC1.CCCCCCCOC(=O)CCCCCl. The largest absolute Gasteiger partial charge is 0.466 e. The average molecular weight is 329 g/mol. The lowest BCUT2D eigenvalue weighted by Crippen LogP contribution is -2.05. The summed E-state index contributed by atoms with van der Waals surface area (Å²) in [5, 5.41) is 0. The number of carbonyl (C=O) groups is 1. The Hall–Kier alpha value is -0.680. The predicted molar refractivity (Wildman–Crippen MR) is 95.1 cm³/mol. The van der Waals surface area contributed by atoms with Crippen molar-refractivity contribution in [2.75, 3.05) is 12.5 Å². The highest BCUT2D eigenvalue weighted by Crippen LogP contribution is 2.09. The van der Waals surface area contributed by atoms with Crippen molar-refractivity contribution in [2.45, 2.75) is 84.5 Å². The highest BCUT2D eigenvalue weighted by Gasteiger charge is 2.01. The molecule has 0 saturated carbocycles. The van der Waals surface area contributed by atoms with Crippen molar-refractivity contribution in [3.63, 3.8) is 0 Å². The Morgan fingerprint density at radius 2 is 1.95 bits per heavy atom. The van der Waals surface area contributed by atoms with Crippen molar-refractivity contribution in [2.24, 2.45) is 5.92 Å². The Labute approximate surface area is 142 Å². The molecule has 0 aromatic carbocycles. The molecule has 1 atom stereocenters. The molecule has 0 heterocycles. The molecule has 1 aliphatic carbocycles. The normalized spacial score (nSPS) is 16.0. The third-order valence-corrected chi connectivity index (χ3v) is 3.83. The zero-order chi connectivity index (χ0) is 16.5. The van der Waals surface area contributed by atoms with Gasteiger partial charge in [0.05, 0.1) is 6.61 Å². The van der Waals surface area contributed by atoms with Crippen molar-refractivity contribution in [1.29, 1.82) is 0 Å². The van der Waals surface area contributed by atoms with Crippen LogP contribution in [0.25, 0.3) is 0 Å². The summed E-state index contributed by atoms with van der Waals surface area (Å²) >= 11 is 5.51. The van der Waals surface area contributed by atoms with Gasteiger partial charge in [-0.15, -0.1) is 23.4 Å². The molecule has 0 radical (unpaired) electrons. The van der Waals surface area contributed by atoms with Crippen LogP contribution in [-0.2, 0) is 9.53 Å². The first-order chi connectivity index (χ1) is 10.7. The number of rotatable bonds is 10. The first-order valence-corrected chi connectivity index (χ1v) is 9.44. The van der Waals surface area contributed by atoms with E-state index in [9.17, 15) is 4.79 Å². The Kier molecular flexibility index (Phi) is 16.2. The maximum atomic E-state index is 11.1. The van der Waals surface area contributed by atoms with Crippen LogP contribution in [0.15, 0.2) is 0 Å². The summed E-state index contributed by atoms with van der Waals surface area (Å²) in [7, 11) is 0. The summed E-state index contributed by atoms with van der Waals surface area (Å²) in [4.78, 5) is 11.1. The molecule has 0 amide bonds. The molecule has 2 nitrogen and oxygen atoms in total. The average Bonchev–Trinajstić information content (AvgIpc) is 2.52. The number of esters is 1.